The number of nitrogens with one attached hydrogen (secondary N) is 2. The molecule has 1 aliphatic heterocycles. The first-order chi connectivity index (χ1) is 12.6. The van der Waals surface area contributed by atoms with Gasteiger partial charge in [-0.1, -0.05) is 17.7 Å². The average Bonchev–Trinajstić information content (AvgIpc) is 2.66. The van der Waals surface area contributed by atoms with Crippen LogP contribution in [0.5, 0.6) is 5.75 Å². The lowest BCUT2D eigenvalue weighted by Crippen LogP contribution is -2.49. The Bertz CT molecular complexity index is 637. The zero-order valence-electron chi connectivity index (χ0n) is 16.0. The van der Waals surface area contributed by atoms with Crippen molar-refractivity contribution in [3.8, 4) is 5.75 Å². The second-order valence-corrected chi connectivity index (χ2v) is 6.42. The molecular weight excluding hydrogens is 483 g/mol. The van der Waals surface area contributed by atoms with Crippen molar-refractivity contribution >= 4 is 47.6 Å². The molecule has 1 saturated heterocycles. The Morgan fingerprint density at radius 3 is 2.67 bits per heavy atom. The third-order valence-electron chi connectivity index (χ3n) is 4.28. The largest absolute Gasteiger partial charge is 0.496 e. The SMILES string of the molecule is CCOC(=O)N1CCC(NC(=NC)NCc2ccc(Cl)cc2OC)CC1.I. The van der Waals surface area contributed by atoms with Gasteiger partial charge in [-0.05, 0) is 31.9 Å². The van der Waals surface area contributed by atoms with E-state index in [1.165, 1.54) is 0 Å². The number of halogens is 2. The van der Waals surface area contributed by atoms with E-state index in [4.69, 9.17) is 21.1 Å². The molecule has 1 aliphatic rings. The van der Waals surface area contributed by atoms with Gasteiger partial charge < -0.3 is 25.0 Å². The van der Waals surface area contributed by atoms with Gasteiger partial charge in [-0.3, -0.25) is 4.99 Å². The van der Waals surface area contributed by atoms with Crippen LogP contribution in [0.3, 0.4) is 0 Å². The number of amides is 1. The van der Waals surface area contributed by atoms with E-state index >= 15 is 0 Å². The van der Waals surface area contributed by atoms with E-state index in [-0.39, 0.29) is 36.1 Å². The monoisotopic (exact) mass is 510 g/mol. The number of rotatable bonds is 5. The summed E-state index contributed by atoms with van der Waals surface area (Å²) in [4.78, 5) is 17.8. The lowest BCUT2D eigenvalue weighted by molar-refractivity contribution is 0.0963. The maximum absolute atomic E-state index is 11.8. The molecule has 0 radical (unpaired) electrons. The second kappa shape index (κ2) is 12.1. The van der Waals surface area contributed by atoms with Crippen molar-refractivity contribution in [2.45, 2.75) is 32.4 Å². The van der Waals surface area contributed by atoms with E-state index in [1.54, 1.807) is 25.1 Å². The number of likely N-dealkylation sites (tertiary alicyclic amines) is 1. The highest BCUT2D eigenvalue weighted by atomic mass is 127. The molecule has 1 heterocycles. The Kier molecular flexibility index (Phi) is 10.6. The number of methoxy groups -OCH3 is 1. The number of ether oxygens (including phenoxy) is 2. The van der Waals surface area contributed by atoms with Crippen molar-refractivity contribution in [2.24, 2.45) is 4.99 Å². The summed E-state index contributed by atoms with van der Waals surface area (Å²) in [5.41, 5.74) is 0.997. The van der Waals surface area contributed by atoms with Crippen molar-refractivity contribution in [2.75, 3.05) is 33.9 Å². The molecule has 7 nitrogen and oxygen atoms in total. The van der Waals surface area contributed by atoms with Crippen LogP contribution in [0.4, 0.5) is 4.79 Å². The van der Waals surface area contributed by atoms with Gasteiger partial charge in [0.25, 0.3) is 0 Å². The van der Waals surface area contributed by atoms with Crippen LogP contribution in [0.2, 0.25) is 5.02 Å². The summed E-state index contributed by atoms with van der Waals surface area (Å²) in [6.45, 7) is 4.15. The lowest BCUT2D eigenvalue weighted by Gasteiger charge is -2.32. The van der Waals surface area contributed by atoms with Crippen LogP contribution in [0.15, 0.2) is 23.2 Å². The molecule has 152 valence electrons. The minimum absolute atomic E-state index is 0. The molecule has 0 spiro atoms. The number of nitrogens with zero attached hydrogens (tertiary/aromatic N) is 2. The maximum atomic E-state index is 11.8. The van der Waals surface area contributed by atoms with Gasteiger partial charge in [0.1, 0.15) is 5.75 Å². The third-order valence-corrected chi connectivity index (χ3v) is 4.52. The molecule has 1 aromatic rings. The van der Waals surface area contributed by atoms with E-state index in [0.717, 1.165) is 30.1 Å². The number of hydrogen-bond acceptors (Lipinski definition) is 4. The molecule has 0 aliphatic carbocycles. The van der Waals surface area contributed by atoms with Crippen molar-refractivity contribution in [3.05, 3.63) is 28.8 Å². The summed E-state index contributed by atoms with van der Waals surface area (Å²) < 4.78 is 10.4. The predicted molar refractivity (Wildman–Crippen MR) is 118 cm³/mol. The molecule has 0 atom stereocenters. The number of carbonyl (C=O) groups excluding carboxylic acids is 1. The summed E-state index contributed by atoms with van der Waals surface area (Å²) in [5.74, 6) is 1.46. The Morgan fingerprint density at radius 1 is 1.37 bits per heavy atom. The number of aliphatic imine (C=N–C) groups is 1. The molecule has 27 heavy (non-hydrogen) atoms. The summed E-state index contributed by atoms with van der Waals surface area (Å²) in [6.07, 6.45) is 1.47. The van der Waals surface area contributed by atoms with Gasteiger partial charge in [0.15, 0.2) is 5.96 Å². The predicted octanol–water partition coefficient (Wildman–Crippen LogP) is 3.25. The first kappa shape index (κ1) is 23.6. The van der Waals surface area contributed by atoms with Crippen LogP contribution in [0, 0.1) is 0 Å². The fourth-order valence-corrected chi connectivity index (χ4v) is 3.01. The fraction of sp³-hybridized carbons (Fsp3) is 0.556. The maximum Gasteiger partial charge on any atom is 0.409 e. The van der Waals surface area contributed by atoms with Gasteiger partial charge in [-0.15, -0.1) is 24.0 Å². The summed E-state index contributed by atoms with van der Waals surface area (Å²) in [7, 11) is 3.36. The normalized spacial score (nSPS) is 15.0. The van der Waals surface area contributed by atoms with Gasteiger partial charge in [0, 0.05) is 43.3 Å². The van der Waals surface area contributed by atoms with Crippen molar-refractivity contribution in [1.29, 1.82) is 0 Å². The summed E-state index contributed by atoms with van der Waals surface area (Å²) in [5, 5.41) is 7.34. The zero-order chi connectivity index (χ0) is 18.9. The van der Waals surface area contributed by atoms with Gasteiger partial charge in [0.2, 0.25) is 0 Å². The van der Waals surface area contributed by atoms with E-state index in [9.17, 15) is 4.79 Å². The summed E-state index contributed by atoms with van der Waals surface area (Å²) in [6, 6.07) is 5.82. The van der Waals surface area contributed by atoms with Crippen LogP contribution in [-0.2, 0) is 11.3 Å². The summed E-state index contributed by atoms with van der Waals surface area (Å²) >= 11 is 5.99. The topological polar surface area (TPSA) is 75.2 Å². The standard InChI is InChI=1S/C18H27ClN4O3.HI/c1-4-26-18(24)23-9-7-15(8-10-23)22-17(20-2)21-12-13-5-6-14(19)11-16(13)25-3;/h5-6,11,15H,4,7-10,12H2,1-3H3,(H2,20,21,22);1H. The first-order valence-electron chi connectivity index (χ1n) is 8.78. The second-order valence-electron chi connectivity index (χ2n) is 5.99. The van der Waals surface area contributed by atoms with Crippen LogP contribution >= 0.6 is 35.6 Å². The van der Waals surface area contributed by atoms with Crippen molar-refractivity contribution < 1.29 is 14.3 Å². The van der Waals surface area contributed by atoms with E-state index in [2.05, 4.69) is 15.6 Å². The van der Waals surface area contributed by atoms with Crippen molar-refractivity contribution in [1.82, 2.24) is 15.5 Å². The molecule has 1 fully saturated rings. The number of hydrogen-bond donors (Lipinski definition) is 2. The molecule has 0 bridgehead atoms. The van der Waals surface area contributed by atoms with Crippen LogP contribution in [0.1, 0.15) is 25.3 Å². The van der Waals surface area contributed by atoms with Crippen LogP contribution in [0.25, 0.3) is 0 Å². The van der Waals surface area contributed by atoms with E-state index < -0.39 is 0 Å². The highest BCUT2D eigenvalue weighted by Gasteiger charge is 2.24. The molecule has 0 saturated carbocycles. The average molecular weight is 511 g/mol. The lowest BCUT2D eigenvalue weighted by atomic mass is 10.1. The molecule has 2 rings (SSSR count). The minimum Gasteiger partial charge on any atom is -0.496 e. The number of piperidine rings is 1. The fourth-order valence-electron chi connectivity index (χ4n) is 2.85. The van der Waals surface area contributed by atoms with E-state index in [0.29, 0.717) is 31.3 Å². The number of guanidine groups is 1. The smallest absolute Gasteiger partial charge is 0.409 e. The number of carbonyl (C=O) groups is 1. The van der Waals surface area contributed by atoms with Crippen LogP contribution < -0.4 is 15.4 Å². The van der Waals surface area contributed by atoms with Crippen molar-refractivity contribution in [3.63, 3.8) is 0 Å². The van der Waals surface area contributed by atoms with Gasteiger partial charge >= 0.3 is 6.09 Å². The van der Waals surface area contributed by atoms with Gasteiger partial charge in [-0.25, -0.2) is 4.79 Å². The van der Waals surface area contributed by atoms with Gasteiger partial charge in [0.05, 0.1) is 13.7 Å². The number of benzene rings is 1. The molecule has 1 amide bonds. The Hall–Kier alpha value is -1.42. The van der Waals surface area contributed by atoms with E-state index in [1.807, 2.05) is 19.1 Å². The minimum atomic E-state index is -0.233. The van der Waals surface area contributed by atoms with Crippen LogP contribution in [-0.4, -0.2) is 56.8 Å². The first-order valence-corrected chi connectivity index (χ1v) is 9.16. The molecular formula is C18H28ClIN4O3. The highest BCUT2D eigenvalue weighted by molar-refractivity contribution is 14.0. The molecule has 0 unspecified atom stereocenters. The molecule has 9 heteroatoms. The zero-order valence-corrected chi connectivity index (χ0v) is 19.0. The Morgan fingerprint density at radius 2 is 2.07 bits per heavy atom. The Labute approximate surface area is 182 Å². The Balaban J connectivity index is 0.00000364. The molecule has 1 aromatic carbocycles. The quantitative estimate of drug-likeness (QED) is 0.361. The highest BCUT2D eigenvalue weighted by Crippen LogP contribution is 2.22. The van der Waals surface area contributed by atoms with Gasteiger partial charge in [-0.2, -0.15) is 0 Å². The molecule has 0 aromatic heterocycles. The third kappa shape index (κ3) is 7.25. The molecule has 2 N–H and O–H groups in total.